The first-order valence-corrected chi connectivity index (χ1v) is 7.24. The van der Waals surface area contributed by atoms with E-state index in [4.69, 9.17) is 14.7 Å². The van der Waals surface area contributed by atoms with E-state index in [1.54, 1.807) is 13.0 Å². The van der Waals surface area contributed by atoms with Crippen molar-refractivity contribution in [3.05, 3.63) is 47.4 Å². The first-order valence-electron chi connectivity index (χ1n) is 6.26. The second-order valence-electron chi connectivity index (χ2n) is 4.39. The van der Waals surface area contributed by atoms with Gasteiger partial charge >= 0.3 is 0 Å². The van der Waals surface area contributed by atoms with Gasteiger partial charge in [-0.25, -0.2) is 10.8 Å². The fraction of sp³-hybridized carbons (Fsp3) is 0.143. The Morgan fingerprint density at radius 3 is 2.95 bits per heavy atom. The van der Waals surface area contributed by atoms with Gasteiger partial charge in [-0.3, -0.25) is 10.2 Å². The van der Waals surface area contributed by atoms with E-state index in [2.05, 4.69) is 10.4 Å². The summed E-state index contributed by atoms with van der Waals surface area (Å²) in [6.07, 6.45) is 0. The van der Waals surface area contributed by atoms with Crippen molar-refractivity contribution < 1.29 is 13.6 Å². The SMILES string of the molecule is Cc1oc(CSc2nc3ccccc3o2)cc1C(=O)NN. The van der Waals surface area contributed by atoms with E-state index in [1.807, 2.05) is 24.3 Å². The first kappa shape index (κ1) is 13.7. The normalized spacial score (nSPS) is 11.0. The Balaban J connectivity index is 1.74. The van der Waals surface area contributed by atoms with Crippen LogP contribution in [0.5, 0.6) is 0 Å². The van der Waals surface area contributed by atoms with E-state index in [-0.39, 0.29) is 5.91 Å². The number of nitrogens with two attached hydrogens (primary N) is 1. The number of hydrogen-bond donors (Lipinski definition) is 2. The van der Waals surface area contributed by atoms with Gasteiger partial charge in [0.05, 0.1) is 11.3 Å². The van der Waals surface area contributed by atoms with Gasteiger partial charge in [0, 0.05) is 0 Å². The van der Waals surface area contributed by atoms with Gasteiger partial charge in [0.2, 0.25) is 0 Å². The number of carbonyl (C=O) groups is 1. The molecule has 0 bridgehead atoms. The highest BCUT2D eigenvalue weighted by Crippen LogP contribution is 2.27. The molecule has 0 saturated heterocycles. The lowest BCUT2D eigenvalue weighted by molar-refractivity contribution is 0.0952. The molecule has 0 saturated carbocycles. The summed E-state index contributed by atoms with van der Waals surface area (Å²) in [6.45, 7) is 1.72. The maximum Gasteiger partial charge on any atom is 0.268 e. The molecule has 6 nitrogen and oxygen atoms in total. The number of nitrogens with zero attached hydrogens (tertiary/aromatic N) is 1. The summed E-state index contributed by atoms with van der Waals surface area (Å²) in [5, 5.41) is 0.565. The summed E-state index contributed by atoms with van der Waals surface area (Å²) in [5.41, 5.74) is 4.09. The summed E-state index contributed by atoms with van der Waals surface area (Å²) >= 11 is 1.41. The van der Waals surface area contributed by atoms with Crippen molar-refractivity contribution in [2.45, 2.75) is 17.9 Å². The number of aromatic nitrogens is 1. The number of para-hydroxylation sites is 2. The minimum Gasteiger partial charge on any atom is -0.465 e. The molecule has 0 aliphatic rings. The molecule has 3 aromatic rings. The van der Waals surface area contributed by atoms with E-state index >= 15 is 0 Å². The molecule has 0 fully saturated rings. The van der Waals surface area contributed by atoms with Gasteiger partial charge in [0.1, 0.15) is 17.0 Å². The fourth-order valence-corrected chi connectivity index (χ4v) is 2.68. The number of oxazole rings is 1. The van der Waals surface area contributed by atoms with E-state index in [0.29, 0.717) is 28.1 Å². The van der Waals surface area contributed by atoms with Crippen LogP contribution in [0.2, 0.25) is 0 Å². The average molecular weight is 303 g/mol. The number of carbonyl (C=O) groups excluding carboxylic acids is 1. The number of aryl methyl sites for hydroxylation is 1. The number of hydrogen-bond acceptors (Lipinski definition) is 6. The lowest BCUT2D eigenvalue weighted by Gasteiger charge is -1.93. The van der Waals surface area contributed by atoms with Crippen LogP contribution in [0.3, 0.4) is 0 Å². The molecule has 21 heavy (non-hydrogen) atoms. The Morgan fingerprint density at radius 1 is 1.38 bits per heavy atom. The zero-order valence-electron chi connectivity index (χ0n) is 11.3. The van der Waals surface area contributed by atoms with Crippen molar-refractivity contribution in [2.24, 2.45) is 5.84 Å². The number of amides is 1. The number of hydrazine groups is 1. The highest BCUT2D eigenvalue weighted by atomic mass is 32.2. The molecule has 0 atom stereocenters. The van der Waals surface area contributed by atoms with E-state index in [1.165, 1.54) is 11.8 Å². The smallest absolute Gasteiger partial charge is 0.268 e. The maximum absolute atomic E-state index is 11.5. The van der Waals surface area contributed by atoms with Crippen LogP contribution in [-0.4, -0.2) is 10.9 Å². The van der Waals surface area contributed by atoms with Crippen LogP contribution >= 0.6 is 11.8 Å². The zero-order chi connectivity index (χ0) is 14.8. The van der Waals surface area contributed by atoms with Crippen LogP contribution < -0.4 is 11.3 Å². The molecule has 2 aromatic heterocycles. The molecule has 2 heterocycles. The number of rotatable bonds is 4. The first-order chi connectivity index (χ1) is 10.2. The lowest BCUT2D eigenvalue weighted by Crippen LogP contribution is -2.30. The predicted octanol–water partition coefficient (Wildman–Crippen LogP) is 2.63. The molecule has 0 radical (unpaired) electrons. The van der Waals surface area contributed by atoms with Gasteiger partial charge in [-0.1, -0.05) is 23.9 Å². The van der Waals surface area contributed by atoms with Crippen LogP contribution in [0, 0.1) is 6.92 Å². The highest BCUT2D eigenvalue weighted by molar-refractivity contribution is 7.98. The van der Waals surface area contributed by atoms with Gasteiger partial charge in [0.25, 0.3) is 11.1 Å². The van der Waals surface area contributed by atoms with Gasteiger partial charge < -0.3 is 8.83 Å². The minimum absolute atomic E-state index is 0.366. The van der Waals surface area contributed by atoms with Crippen molar-refractivity contribution in [2.75, 3.05) is 0 Å². The van der Waals surface area contributed by atoms with Crippen molar-refractivity contribution in [3.63, 3.8) is 0 Å². The number of fused-ring (bicyclic) bond motifs is 1. The molecular weight excluding hydrogens is 290 g/mol. The molecule has 0 spiro atoms. The Hall–Kier alpha value is -2.25. The molecule has 0 aliphatic heterocycles. The molecule has 0 unspecified atom stereocenters. The third-order valence-corrected chi connectivity index (χ3v) is 3.81. The van der Waals surface area contributed by atoms with Crippen molar-refractivity contribution >= 4 is 28.8 Å². The molecule has 108 valence electrons. The molecule has 0 aliphatic carbocycles. The van der Waals surface area contributed by atoms with Crippen LogP contribution in [0.25, 0.3) is 11.1 Å². The summed E-state index contributed by atoms with van der Waals surface area (Å²) in [5.74, 6) is 6.47. The minimum atomic E-state index is -0.366. The largest absolute Gasteiger partial charge is 0.465 e. The van der Waals surface area contributed by atoms with Crippen molar-refractivity contribution in [1.82, 2.24) is 10.4 Å². The summed E-state index contributed by atoms with van der Waals surface area (Å²) in [7, 11) is 0. The van der Waals surface area contributed by atoms with Crippen molar-refractivity contribution in [3.8, 4) is 0 Å². The Kier molecular flexibility index (Phi) is 3.68. The topological polar surface area (TPSA) is 94.3 Å². The van der Waals surface area contributed by atoms with Crippen molar-refractivity contribution in [1.29, 1.82) is 0 Å². The van der Waals surface area contributed by atoms with Crippen LogP contribution in [0.1, 0.15) is 21.9 Å². The maximum atomic E-state index is 11.5. The Morgan fingerprint density at radius 2 is 2.19 bits per heavy atom. The number of nitrogens with one attached hydrogen (secondary N) is 1. The standard InChI is InChI=1S/C14H13N3O3S/c1-8-10(13(18)17-15)6-9(19-8)7-21-14-16-11-4-2-3-5-12(11)20-14/h2-6H,7,15H2,1H3,(H,17,18). The number of nitrogen functional groups attached to an aromatic ring is 1. The summed E-state index contributed by atoms with van der Waals surface area (Å²) in [6, 6.07) is 9.24. The second-order valence-corrected chi connectivity index (χ2v) is 5.32. The van der Waals surface area contributed by atoms with Gasteiger partial charge in [0.15, 0.2) is 5.58 Å². The molecule has 1 aromatic carbocycles. The molecule has 3 rings (SSSR count). The lowest BCUT2D eigenvalue weighted by atomic mass is 10.2. The average Bonchev–Trinajstić information content (AvgIpc) is 3.07. The molecule has 7 heteroatoms. The second kappa shape index (κ2) is 5.63. The van der Waals surface area contributed by atoms with Gasteiger partial charge in [-0.15, -0.1) is 0 Å². The van der Waals surface area contributed by atoms with Gasteiger partial charge in [-0.2, -0.15) is 0 Å². The van der Waals surface area contributed by atoms with E-state index in [9.17, 15) is 4.79 Å². The third-order valence-electron chi connectivity index (χ3n) is 2.96. The van der Waals surface area contributed by atoms with E-state index < -0.39 is 0 Å². The molecule has 1 amide bonds. The van der Waals surface area contributed by atoms with Crippen LogP contribution in [0.15, 0.2) is 44.4 Å². The molecule has 3 N–H and O–H groups in total. The van der Waals surface area contributed by atoms with E-state index in [0.717, 1.165) is 11.1 Å². The van der Waals surface area contributed by atoms with Crippen LogP contribution in [0.4, 0.5) is 0 Å². The Labute approximate surface area is 124 Å². The monoisotopic (exact) mass is 303 g/mol. The Bertz CT molecular complexity index is 761. The molecular formula is C14H13N3O3S. The quantitative estimate of drug-likeness (QED) is 0.333. The number of furan rings is 1. The summed E-state index contributed by atoms with van der Waals surface area (Å²) < 4.78 is 11.1. The summed E-state index contributed by atoms with van der Waals surface area (Å²) in [4.78, 5) is 15.9. The zero-order valence-corrected chi connectivity index (χ0v) is 12.1. The van der Waals surface area contributed by atoms with Gasteiger partial charge in [-0.05, 0) is 25.1 Å². The number of thioether (sulfide) groups is 1. The predicted molar refractivity (Wildman–Crippen MR) is 78.7 cm³/mol. The highest BCUT2D eigenvalue weighted by Gasteiger charge is 2.15. The fourth-order valence-electron chi connectivity index (χ4n) is 1.96. The van der Waals surface area contributed by atoms with Crippen LogP contribution in [-0.2, 0) is 5.75 Å². The number of benzene rings is 1. The third kappa shape index (κ3) is 2.79.